The number of carbonyl (C=O) groups is 2. The summed E-state index contributed by atoms with van der Waals surface area (Å²) in [5.74, 6) is -0.598. The number of rotatable bonds is 9. The fraction of sp³-hybridized carbons (Fsp3) is 0.150. The number of thioether (sulfide) groups is 1. The summed E-state index contributed by atoms with van der Waals surface area (Å²) >= 11 is 2.60. The molecule has 7 nitrogen and oxygen atoms in total. The monoisotopic (exact) mass is 479 g/mol. The summed E-state index contributed by atoms with van der Waals surface area (Å²) in [7, 11) is -3.75. The Labute approximate surface area is 186 Å². The van der Waals surface area contributed by atoms with Crippen LogP contribution in [0.25, 0.3) is 0 Å². The van der Waals surface area contributed by atoms with Gasteiger partial charge in [-0.2, -0.15) is 0 Å². The zero-order valence-corrected chi connectivity index (χ0v) is 18.5. The van der Waals surface area contributed by atoms with Crippen LogP contribution in [0.15, 0.2) is 63.1 Å². The number of ketones is 1. The van der Waals surface area contributed by atoms with Crippen molar-refractivity contribution in [3.63, 3.8) is 0 Å². The molecule has 31 heavy (non-hydrogen) atoms. The highest BCUT2D eigenvalue weighted by Gasteiger charge is 2.12. The maximum Gasteiger partial charge on any atom is 0.238 e. The van der Waals surface area contributed by atoms with Crippen LogP contribution in [0.3, 0.4) is 0 Å². The Kier molecular flexibility index (Phi) is 7.55. The van der Waals surface area contributed by atoms with Gasteiger partial charge < -0.3 is 5.32 Å². The summed E-state index contributed by atoms with van der Waals surface area (Å²) in [5, 5.41) is 9.55. The van der Waals surface area contributed by atoms with Gasteiger partial charge in [0.25, 0.3) is 0 Å². The third-order valence-corrected chi connectivity index (χ3v) is 7.11. The first-order valence-electron chi connectivity index (χ1n) is 8.95. The lowest BCUT2D eigenvalue weighted by atomic mass is 10.1. The average Bonchev–Trinajstić information content (AvgIpc) is 3.18. The molecule has 0 saturated carbocycles. The quantitative estimate of drug-likeness (QED) is 0.360. The minimum absolute atomic E-state index is 0.00740. The molecule has 0 aliphatic rings. The van der Waals surface area contributed by atoms with Gasteiger partial charge in [0.05, 0.1) is 22.8 Å². The molecule has 11 heteroatoms. The van der Waals surface area contributed by atoms with Crippen molar-refractivity contribution < 1.29 is 22.4 Å². The zero-order valence-electron chi connectivity index (χ0n) is 16.1. The number of nitrogens with zero attached hydrogens (tertiary/aromatic N) is 1. The molecule has 3 aromatic rings. The Hall–Kier alpha value is -2.60. The summed E-state index contributed by atoms with van der Waals surface area (Å²) in [6.07, 6.45) is 0.0816. The molecule has 0 atom stereocenters. The van der Waals surface area contributed by atoms with Crippen molar-refractivity contribution in [2.75, 3.05) is 5.75 Å². The number of Topliss-reactive ketones (excluding diaryl/α,β-unsaturated/α-hetero) is 1. The van der Waals surface area contributed by atoms with E-state index in [1.165, 1.54) is 59.5 Å². The molecule has 162 valence electrons. The predicted octanol–water partition coefficient (Wildman–Crippen LogP) is 2.76. The van der Waals surface area contributed by atoms with Gasteiger partial charge in [0.2, 0.25) is 15.9 Å². The van der Waals surface area contributed by atoms with Crippen LogP contribution in [-0.2, 0) is 27.8 Å². The van der Waals surface area contributed by atoms with E-state index in [1.807, 2.05) is 0 Å². The Morgan fingerprint density at radius 3 is 2.42 bits per heavy atom. The third-order valence-electron chi connectivity index (χ3n) is 4.11. The second-order valence-corrected chi connectivity index (χ2v) is 10.1. The molecular formula is C20H18FN3O4S3. The number of nitrogens with one attached hydrogen (secondary N) is 1. The van der Waals surface area contributed by atoms with Crippen LogP contribution in [0, 0.1) is 5.82 Å². The summed E-state index contributed by atoms with van der Waals surface area (Å²) in [4.78, 5) is 28.6. The maximum atomic E-state index is 12.9. The Morgan fingerprint density at radius 1 is 1.10 bits per heavy atom. The summed E-state index contributed by atoms with van der Waals surface area (Å²) in [5.41, 5.74) is 1.75. The smallest absolute Gasteiger partial charge is 0.238 e. The van der Waals surface area contributed by atoms with E-state index in [2.05, 4.69) is 10.3 Å². The second-order valence-electron chi connectivity index (χ2n) is 6.47. The molecule has 1 amide bonds. The van der Waals surface area contributed by atoms with E-state index in [-0.39, 0.29) is 35.3 Å². The van der Waals surface area contributed by atoms with Crippen LogP contribution in [0.1, 0.15) is 21.6 Å². The molecule has 0 aliphatic heterocycles. The molecule has 0 fully saturated rings. The topological polar surface area (TPSA) is 119 Å². The SMILES string of the molecule is NS(=O)(=O)c1ccc(CNC(=O)Cc2csc(SCC(=O)c3ccc(F)cc3)n2)cc1. The molecule has 0 aliphatic carbocycles. The normalized spacial score (nSPS) is 11.3. The van der Waals surface area contributed by atoms with Gasteiger partial charge in [-0.25, -0.2) is 22.9 Å². The number of hydrogen-bond acceptors (Lipinski definition) is 7. The minimum Gasteiger partial charge on any atom is -0.352 e. The van der Waals surface area contributed by atoms with Crippen molar-refractivity contribution in [1.82, 2.24) is 10.3 Å². The number of benzene rings is 2. The summed E-state index contributed by atoms with van der Waals surface area (Å²) in [6.45, 7) is 0.238. The fourth-order valence-corrected chi connectivity index (χ4v) is 4.76. The maximum absolute atomic E-state index is 12.9. The van der Waals surface area contributed by atoms with Gasteiger partial charge in [-0.15, -0.1) is 11.3 Å². The van der Waals surface area contributed by atoms with Crippen molar-refractivity contribution >= 4 is 44.8 Å². The van der Waals surface area contributed by atoms with Crippen molar-refractivity contribution in [3.05, 3.63) is 76.5 Å². The Balaban J connectivity index is 1.46. The van der Waals surface area contributed by atoms with E-state index in [1.54, 1.807) is 17.5 Å². The lowest BCUT2D eigenvalue weighted by Gasteiger charge is -2.05. The molecule has 0 spiro atoms. The van der Waals surface area contributed by atoms with E-state index < -0.39 is 15.8 Å². The number of primary sulfonamides is 1. The fourth-order valence-electron chi connectivity index (χ4n) is 2.51. The van der Waals surface area contributed by atoms with Crippen molar-refractivity contribution in [3.8, 4) is 0 Å². The van der Waals surface area contributed by atoms with Crippen LogP contribution in [0.2, 0.25) is 0 Å². The van der Waals surface area contributed by atoms with Crippen LogP contribution in [0.4, 0.5) is 4.39 Å². The number of aromatic nitrogens is 1. The number of carbonyl (C=O) groups excluding carboxylic acids is 2. The van der Waals surface area contributed by atoms with Crippen LogP contribution in [0.5, 0.6) is 0 Å². The summed E-state index contributed by atoms with van der Waals surface area (Å²) in [6, 6.07) is 11.3. The number of nitrogens with two attached hydrogens (primary N) is 1. The van der Waals surface area contributed by atoms with Gasteiger partial charge >= 0.3 is 0 Å². The first-order valence-corrected chi connectivity index (χ1v) is 12.4. The highest BCUT2D eigenvalue weighted by atomic mass is 32.2. The largest absolute Gasteiger partial charge is 0.352 e. The number of hydrogen-bond donors (Lipinski definition) is 2. The predicted molar refractivity (Wildman–Crippen MR) is 117 cm³/mol. The number of amides is 1. The second kappa shape index (κ2) is 10.1. The molecule has 2 aromatic carbocycles. The lowest BCUT2D eigenvalue weighted by molar-refractivity contribution is -0.120. The van der Waals surface area contributed by atoms with E-state index in [0.717, 1.165) is 5.56 Å². The molecule has 0 radical (unpaired) electrons. The minimum atomic E-state index is -3.75. The van der Waals surface area contributed by atoms with Crippen molar-refractivity contribution in [2.24, 2.45) is 5.14 Å². The van der Waals surface area contributed by atoms with Gasteiger partial charge in [-0.3, -0.25) is 9.59 Å². The van der Waals surface area contributed by atoms with Crippen molar-refractivity contribution in [2.45, 2.75) is 22.2 Å². The highest BCUT2D eigenvalue weighted by Crippen LogP contribution is 2.24. The number of thiazole rings is 1. The standard InChI is InChI=1S/C20H18FN3O4S3/c21-15-5-3-14(4-6-15)18(25)12-30-20-24-16(11-29-20)9-19(26)23-10-13-1-7-17(8-2-13)31(22,27)28/h1-8,11H,9-10,12H2,(H,23,26)(H2,22,27,28). The molecule has 3 rings (SSSR count). The first kappa shape index (κ1) is 23.1. The molecule has 1 aromatic heterocycles. The number of sulfonamides is 1. The number of halogens is 1. The van der Waals surface area contributed by atoms with E-state index in [4.69, 9.17) is 5.14 Å². The first-order chi connectivity index (χ1) is 14.7. The van der Waals surface area contributed by atoms with Gasteiger partial charge in [-0.05, 0) is 42.0 Å². The van der Waals surface area contributed by atoms with E-state index >= 15 is 0 Å². The molecule has 0 unspecified atom stereocenters. The van der Waals surface area contributed by atoms with Gasteiger partial charge in [0.15, 0.2) is 10.1 Å². The molecular weight excluding hydrogens is 461 g/mol. The average molecular weight is 480 g/mol. The lowest BCUT2D eigenvalue weighted by Crippen LogP contribution is -2.24. The van der Waals surface area contributed by atoms with Crippen LogP contribution in [-0.4, -0.2) is 30.8 Å². The van der Waals surface area contributed by atoms with Gasteiger partial charge in [-0.1, -0.05) is 23.9 Å². The van der Waals surface area contributed by atoms with Crippen LogP contribution < -0.4 is 10.5 Å². The van der Waals surface area contributed by atoms with Gasteiger partial charge in [0, 0.05) is 17.5 Å². The summed E-state index contributed by atoms with van der Waals surface area (Å²) < 4.78 is 36.1. The molecule has 1 heterocycles. The highest BCUT2D eigenvalue weighted by molar-refractivity contribution is 8.01. The van der Waals surface area contributed by atoms with Crippen LogP contribution >= 0.6 is 23.1 Å². The third kappa shape index (κ3) is 6.96. The Bertz CT molecular complexity index is 1180. The zero-order chi connectivity index (χ0) is 22.4. The van der Waals surface area contributed by atoms with E-state index in [0.29, 0.717) is 15.6 Å². The molecule has 3 N–H and O–H groups in total. The Morgan fingerprint density at radius 2 is 1.77 bits per heavy atom. The van der Waals surface area contributed by atoms with E-state index in [9.17, 15) is 22.4 Å². The molecule has 0 bridgehead atoms. The van der Waals surface area contributed by atoms with Gasteiger partial charge in [0.1, 0.15) is 5.82 Å². The molecule has 0 saturated heterocycles. The van der Waals surface area contributed by atoms with Crippen molar-refractivity contribution in [1.29, 1.82) is 0 Å².